The minimum absolute atomic E-state index is 0.00837. The van der Waals surface area contributed by atoms with E-state index in [0.29, 0.717) is 47.2 Å². The van der Waals surface area contributed by atoms with Crippen LogP contribution in [0.1, 0.15) is 25.7 Å². The molecular weight excluding hydrogens is 547 g/mol. The van der Waals surface area contributed by atoms with Crippen LogP contribution >= 0.6 is 0 Å². The number of carboxylic acids is 1. The summed E-state index contributed by atoms with van der Waals surface area (Å²) < 4.78 is 32.6. The SMILES string of the molecule is CNC(=O)CN1CCC(COc2cc3nccc(Oc4ccc(NC(=O)C5(C(=O)O)CC5)cc4F)c3cc2OC)CC1. The lowest BCUT2D eigenvalue weighted by molar-refractivity contribution is -0.147. The van der Waals surface area contributed by atoms with Crippen molar-refractivity contribution < 1.29 is 38.1 Å². The van der Waals surface area contributed by atoms with Gasteiger partial charge in [-0.3, -0.25) is 24.3 Å². The van der Waals surface area contributed by atoms with Crippen LogP contribution in [0.3, 0.4) is 0 Å². The van der Waals surface area contributed by atoms with E-state index in [1.807, 2.05) is 0 Å². The molecule has 1 aliphatic heterocycles. The van der Waals surface area contributed by atoms with E-state index in [2.05, 4.69) is 20.5 Å². The molecule has 1 saturated heterocycles. The number of fused-ring (bicyclic) bond motifs is 1. The van der Waals surface area contributed by atoms with E-state index >= 15 is 0 Å². The van der Waals surface area contributed by atoms with Gasteiger partial charge in [-0.05, 0) is 69.0 Å². The van der Waals surface area contributed by atoms with E-state index in [9.17, 15) is 23.9 Å². The number of amides is 2. The monoisotopic (exact) mass is 580 g/mol. The van der Waals surface area contributed by atoms with Gasteiger partial charge < -0.3 is 30.0 Å². The number of hydrogen-bond acceptors (Lipinski definition) is 8. The van der Waals surface area contributed by atoms with Crippen LogP contribution in [0.4, 0.5) is 10.1 Å². The molecule has 11 nitrogen and oxygen atoms in total. The summed E-state index contributed by atoms with van der Waals surface area (Å²) in [6, 6.07) is 9.00. The number of benzene rings is 2. The highest BCUT2D eigenvalue weighted by molar-refractivity contribution is 6.10. The number of nitrogens with zero attached hydrogens (tertiary/aromatic N) is 2. The maximum Gasteiger partial charge on any atom is 0.319 e. The normalized spacial score (nSPS) is 16.5. The van der Waals surface area contributed by atoms with E-state index in [-0.39, 0.29) is 30.2 Å². The molecule has 12 heteroatoms. The van der Waals surface area contributed by atoms with Crippen molar-refractivity contribution in [2.75, 3.05) is 45.7 Å². The molecule has 1 aliphatic carbocycles. The maximum absolute atomic E-state index is 15.0. The van der Waals surface area contributed by atoms with Gasteiger partial charge in [-0.2, -0.15) is 0 Å². The third-order valence-electron chi connectivity index (χ3n) is 7.82. The molecule has 0 spiro atoms. The predicted molar refractivity (Wildman–Crippen MR) is 151 cm³/mol. The summed E-state index contributed by atoms with van der Waals surface area (Å²) in [5, 5.41) is 15.0. The van der Waals surface area contributed by atoms with Gasteiger partial charge >= 0.3 is 5.97 Å². The second-order valence-electron chi connectivity index (χ2n) is 10.6. The van der Waals surface area contributed by atoms with Gasteiger partial charge in [-0.1, -0.05) is 0 Å². The highest BCUT2D eigenvalue weighted by Gasteiger charge is 2.57. The van der Waals surface area contributed by atoms with Crippen LogP contribution in [0.25, 0.3) is 10.9 Å². The Labute approximate surface area is 241 Å². The zero-order valence-electron chi connectivity index (χ0n) is 23.4. The molecule has 2 heterocycles. The van der Waals surface area contributed by atoms with E-state index in [0.717, 1.165) is 32.0 Å². The van der Waals surface area contributed by atoms with Gasteiger partial charge in [0.1, 0.15) is 11.2 Å². The van der Waals surface area contributed by atoms with Crippen molar-refractivity contribution in [3.05, 3.63) is 48.4 Å². The number of carbonyl (C=O) groups is 3. The molecule has 42 heavy (non-hydrogen) atoms. The van der Waals surface area contributed by atoms with Gasteiger partial charge in [0.2, 0.25) is 11.8 Å². The number of likely N-dealkylation sites (tertiary alicyclic amines) is 1. The molecule has 0 unspecified atom stereocenters. The molecule has 1 aromatic heterocycles. The Kier molecular flexibility index (Phi) is 8.44. The first-order valence-electron chi connectivity index (χ1n) is 13.8. The molecule has 2 amide bonds. The third kappa shape index (κ3) is 6.23. The zero-order valence-corrected chi connectivity index (χ0v) is 23.4. The molecule has 222 valence electrons. The fraction of sp³-hybridized carbons (Fsp3) is 0.400. The molecule has 0 atom stereocenters. The minimum Gasteiger partial charge on any atom is -0.493 e. The first-order valence-corrected chi connectivity index (χ1v) is 13.8. The molecule has 0 bridgehead atoms. The number of likely N-dealkylation sites (N-methyl/N-ethyl adjacent to an activating group) is 1. The number of aromatic nitrogens is 1. The number of anilines is 1. The van der Waals surface area contributed by atoms with Gasteiger partial charge in [0, 0.05) is 36.5 Å². The second kappa shape index (κ2) is 12.2. The van der Waals surface area contributed by atoms with Crippen molar-refractivity contribution in [3.8, 4) is 23.0 Å². The van der Waals surface area contributed by atoms with Crippen molar-refractivity contribution in [1.29, 1.82) is 0 Å². The average Bonchev–Trinajstić information content (AvgIpc) is 3.80. The predicted octanol–water partition coefficient (Wildman–Crippen LogP) is 3.81. The fourth-order valence-corrected chi connectivity index (χ4v) is 4.98. The van der Waals surface area contributed by atoms with Crippen molar-refractivity contribution in [3.63, 3.8) is 0 Å². The van der Waals surface area contributed by atoms with Crippen molar-refractivity contribution in [2.24, 2.45) is 11.3 Å². The molecule has 2 aliphatic rings. The van der Waals surface area contributed by atoms with Crippen LogP contribution in [-0.2, 0) is 14.4 Å². The standard InChI is InChI=1S/C30H33FN4O7/c1-32-27(36)16-35-11-6-18(7-12-35)17-41-26-15-22-20(14-25(26)40-2)23(5-10-33-22)42-24-4-3-19(13-21(24)31)34-28(37)30(8-9-30)29(38)39/h3-5,10,13-15,18H,6-9,11-12,16-17H2,1-2H3,(H,32,36)(H,34,37)(H,38,39). The van der Waals surface area contributed by atoms with Gasteiger partial charge in [0.25, 0.3) is 0 Å². The Morgan fingerprint density at radius 3 is 2.48 bits per heavy atom. The summed E-state index contributed by atoms with van der Waals surface area (Å²) in [6.07, 6.45) is 3.88. The molecule has 3 N–H and O–H groups in total. The van der Waals surface area contributed by atoms with Gasteiger partial charge in [-0.25, -0.2) is 4.39 Å². The summed E-state index contributed by atoms with van der Waals surface area (Å²) in [6.45, 7) is 2.54. The largest absolute Gasteiger partial charge is 0.493 e. The van der Waals surface area contributed by atoms with Crippen LogP contribution in [0, 0.1) is 17.2 Å². The number of carboxylic acid groups (broad SMARTS) is 1. The molecule has 0 radical (unpaired) electrons. The molecular formula is C30H33FN4O7. The highest BCUT2D eigenvalue weighted by Crippen LogP contribution is 2.47. The number of ether oxygens (including phenoxy) is 3. The lowest BCUT2D eigenvalue weighted by Gasteiger charge is -2.31. The highest BCUT2D eigenvalue weighted by atomic mass is 19.1. The number of methoxy groups -OCH3 is 1. The molecule has 2 aromatic carbocycles. The number of hydrogen-bond donors (Lipinski definition) is 3. The van der Waals surface area contributed by atoms with Gasteiger partial charge in [0.05, 0.1) is 25.8 Å². The summed E-state index contributed by atoms with van der Waals surface area (Å²) >= 11 is 0. The van der Waals surface area contributed by atoms with E-state index in [1.165, 1.54) is 19.2 Å². The molecule has 1 saturated carbocycles. The number of carbonyl (C=O) groups excluding carboxylic acids is 2. The Hall–Kier alpha value is -4.45. The first-order chi connectivity index (χ1) is 20.2. The van der Waals surface area contributed by atoms with Crippen LogP contribution < -0.4 is 24.8 Å². The summed E-state index contributed by atoms with van der Waals surface area (Å²) in [5.74, 6) is -0.974. The Morgan fingerprint density at radius 2 is 1.83 bits per heavy atom. The number of aliphatic carboxylic acids is 1. The maximum atomic E-state index is 15.0. The zero-order chi connectivity index (χ0) is 29.9. The summed E-state index contributed by atoms with van der Waals surface area (Å²) in [7, 11) is 3.17. The Balaban J connectivity index is 1.26. The van der Waals surface area contributed by atoms with Crippen LogP contribution in [-0.4, -0.2) is 73.2 Å². The summed E-state index contributed by atoms with van der Waals surface area (Å²) in [4.78, 5) is 41.9. The lowest BCUT2D eigenvalue weighted by atomic mass is 9.98. The number of pyridine rings is 1. The van der Waals surface area contributed by atoms with Gasteiger partial charge in [-0.15, -0.1) is 0 Å². The Bertz CT molecular complexity index is 1500. The van der Waals surface area contributed by atoms with Crippen LogP contribution in [0.2, 0.25) is 0 Å². The molecule has 3 aromatic rings. The van der Waals surface area contributed by atoms with E-state index in [1.54, 1.807) is 31.4 Å². The summed E-state index contributed by atoms with van der Waals surface area (Å²) in [5.41, 5.74) is -0.733. The number of halogens is 1. The quantitative estimate of drug-likeness (QED) is 0.289. The van der Waals surface area contributed by atoms with Crippen LogP contribution in [0.5, 0.6) is 23.0 Å². The lowest BCUT2D eigenvalue weighted by Crippen LogP contribution is -2.41. The van der Waals surface area contributed by atoms with Crippen molar-refractivity contribution >= 4 is 34.4 Å². The fourth-order valence-electron chi connectivity index (χ4n) is 4.98. The second-order valence-corrected chi connectivity index (χ2v) is 10.6. The van der Waals surface area contributed by atoms with E-state index in [4.69, 9.17) is 14.2 Å². The van der Waals surface area contributed by atoms with E-state index < -0.39 is 23.1 Å². The minimum atomic E-state index is -1.44. The van der Waals surface area contributed by atoms with Crippen molar-refractivity contribution in [2.45, 2.75) is 25.7 Å². The Morgan fingerprint density at radius 1 is 1.07 bits per heavy atom. The number of nitrogens with one attached hydrogen (secondary N) is 2. The van der Waals surface area contributed by atoms with Gasteiger partial charge in [0.15, 0.2) is 23.1 Å². The first kappa shape index (κ1) is 29.1. The third-order valence-corrected chi connectivity index (χ3v) is 7.82. The topological polar surface area (TPSA) is 139 Å². The number of piperidine rings is 1. The van der Waals surface area contributed by atoms with Crippen molar-refractivity contribution in [1.82, 2.24) is 15.2 Å². The number of rotatable bonds is 11. The molecule has 5 rings (SSSR count). The smallest absolute Gasteiger partial charge is 0.319 e. The molecule has 2 fully saturated rings. The van der Waals surface area contributed by atoms with Crippen LogP contribution in [0.15, 0.2) is 42.6 Å². The average molecular weight is 581 g/mol.